The van der Waals surface area contributed by atoms with Crippen molar-refractivity contribution in [3.63, 3.8) is 0 Å². The third-order valence-electron chi connectivity index (χ3n) is 4.85. The Hall–Kier alpha value is -2.87. The fourth-order valence-electron chi connectivity index (χ4n) is 3.28. The van der Waals surface area contributed by atoms with Crippen molar-refractivity contribution >= 4 is 27.6 Å². The maximum atomic E-state index is 13.0. The summed E-state index contributed by atoms with van der Waals surface area (Å²) in [6.07, 6.45) is 1.23. The average molecular weight is 402 g/mol. The number of ether oxygens (including phenoxy) is 1. The number of methoxy groups -OCH3 is 1. The Morgan fingerprint density at radius 1 is 1.11 bits per heavy atom. The Labute approximate surface area is 164 Å². The van der Waals surface area contributed by atoms with E-state index in [1.165, 1.54) is 41.6 Å². The van der Waals surface area contributed by atoms with Gasteiger partial charge in [0.15, 0.2) is 0 Å². The van der Waals surface area contributed by atoms with Gasteiger partial charge < -0.3 is 9.64 Å². The normalized spacial score (nSPS) is 16.6. The molecule has 0 N–H and O–H groups in total. The van der Waals surface area contributed by atoms with Crippen LogP contribution in [0.4, 0.5) is 5.69 Å². The molecule has 8 heteroatoms. The number of likely N-dealkylation sites (tertiary alicyclic amines) is 1. The number of nitrogens with zero attached hydrogens (tertiary/aromatic N) is 2. The Kier molecular flexibility index (Phi) is 5.69. The van der Waals surface area contributed by atoms with Gasteiger partial charge in [0.2, 0.25) is 0 Å². The third kappa shape index (κ3) is 3.73. The van der Waals surface area contributed by atoms with E-state index in [1.54, 1.807) is 36.4 Å². The highest BCUT2D eigenvalue weighted by atomic mass is 32.2. The zero-order valence-electron chi connectivity index (χ0n) is 15.7. The molecule has 0 spiro atoms. The van der Waals surface area contributed by atoms with Crippen LogP contribution in [-0.4, -0.2) is 51.9 Å². The summed E-state index contributed by atoms with van der Waals surface area (Å²) in [6.45, 7) is 0.430. The van der Waals surface area contributed by atoms with Crippen LogP contribution in [-0.2, 0) is 19.6 Å². The second kappa shape index (κ2) is 8.02. The summed E-state index contributed by atoms with van der Waals surface area (Å²) in [5, 5.41) is 0. The van der Waals surface area contributed by atoms with Crippen LogP contribution in [0.3, 0.4) is 0 Å². The topological polar surface area (TPSA) is 84.0 Å². The monoisotopic (exact) mass is 402 g/mol. The molecule has 0 bridgehead atoms. The summed E-state index contributed by atoms with van der Waals surface area (Å²) in [5.41, 5.74) is 0.739. The van der Waals surface area contributed by atoms with Gasteiger partial charge in [0.25, 0.3) is 15.9 Å². The maximum Gasteiger partial charge on any atom is 0.328 e. The lowest BCUT2D eigenvalue weighted by molar-refractivity contribution is -0.145. The lowest BCUT2D eigenvalue weighted by Crippen LogP contribution is -2.41. The fourth-order valence-corrected chi connectivity index (χ4v) is 4.52. The number of amides is 1. The first-order valence-electron chi connectivity index (χ1n) is 8.89. The Balaban J connectivity index is 1.90. The van der Waals surface area contributed by atoms with Crippen LogP contribution in [0.2, 0.25) is 0 Å². The number of hydrogen-bond donors (Lipinski definition) is 0. The highest BCUT2D eigenvalue weighted by molar-refractivity contribution is 7.92. The number of carbonyl (C=O) groups is 2. The van der Waals surface area contributed by atoms with Gasteiger partial charge in [-0.2, -0.15) is 0 Å². The van der Waals surface area contributed by atoms with Gasteiger partial charge in [-0.25, -0.2) is 13.2 Å². The van der Waals surface area contributed by atoms with E-state index in [1.807, 2.05) is 0 Å². The molecule has 1 aliphatic rings. The molecule has 0 saturated carbocycles. The van der Waals surface area contributed by atoms with Gasteiger partial charge in [0.1, 0.15) is 6.04 Å². The van der Waals surface area contributed by atoms with Crippen LogP contribution in [0.1, 0.15) is 23.2 Å². The maximum absolute atomic E-state index is 13.0. The highest BCUT2D eigenvalue weighted by Gasteiger charge is 2.35. The zero-order valence-corrected chi connectivity index (χ0v) is 16.6. The predicted molar refractivity (Wildman–Crippen MR) is 105 cm³/mol. The Morgan fingerprint density at radius 3 is 2.50 bits per heavy atom. The molecule has 0 unspecified atom stereocenters. The first-order valence-corrected chi connectivity index (χ1v) is 10.3. The summed E-state index contributed by atoms with van der Waals surface area (Å²) in [4.78, 5) is 26.3. The third-order valence-corrected chi connectivity index (χ3v) is 6.63. The summed E-state index contributed by atoms with van der Waals surface area (Å²) in [7, 11) is -1.08. The second-order valence-electron chi connectivity index (χ2n) is 6.52. The van der Waals surface area contributed by atoms with Crippen LogP contribution in [0.15, 0.2) is 59.5 Å². The van der Waals surface area contributed by atoms with Crippen molar-refractivity contribution in [2.75, 3.05) is 25.0 Å². The van der Waals surface area contributed by atoms with Crippen molar-refractivity contribution < 1.29 is 22.7 Å². The molecule has 2 aromatic carbocycles. The molecule has 0 aromatic heterocycles. The number of esters is 1. The lowest BCUT2D eigenvalue weighted by Gasteiger charge is -2.23. The minimum atomic E-state index is -3.84. The van der Waals surface area contributed by atoms with Gasteiger partial charge in [-0.15, -0.1) is 0 Å². The minimum Gasteiger partial charge on any atom is -0.467 e. The van der Waals surface area contributed by atoms with Gasteiger partial charge in [-0.3, -0.25) is 9.10 Å². The molecule has 0 radical (unpaired) electrons. The minimum absolute atomic E-state index is 0.0125. The molecular formula is C20H22N2O5S. The van der Waals surface area contributed by atoms with Crippen molar-refractivity contribution in [3.8, 4) is 0 Å². The fraction of sp³-hybridized carbons (Fsp3) is 0.300. The van der Waals surface area contributed by atoms with Crippen LogP contribution >= 0.6 is 0 Å². The van der Waals surface area contributed by atoms with Crippen molar-refractivity contribution in [2.24, 2.45) is 0 Å². The molecular weight excluding hydrogens is 380 g/mol. The molecule has 1 aliphatic heterocycles. The van der Waals surface area contributed by atoms with Gasteiger partial charge in [0, 0.05) is 19.2 Å². The number of hydrogen-bond acceptors (Lipinski definition) is 5. The predicted octanol–water partition coefficient (Wildman–Crippen LogP) is 2.29. The van der Waals surface area contributed by atoms with E-state index in [0.29, 0.717) is 25.1 Å². The zero-order chi connectivity index (χ0) is 20.3. The Bertz CT molecular complexity index is 975. The molecule has 2 aromatic rings. The van der Waals surface area contributed by atoms with Crippen molar-refractivity contribution in [1.82, 2.24) is 4.90 Å². The van der Waals surface area contributed by atoms with Crippen molar-refractivity contribution in [2.45, 2.75) is 23.8 Å². The molecule has 1 amide bonds. The van der Waals surface area contributed by atoms with Crippen LogP contribution in [0, 0.1) is 0 Å². The van der Waals surface area contributed by atoms with E-state index in [-0.39, 0.29) is 16.4 Å². The Morgan fingerprint density at radius 2 is 1.82 bits per heavy atom. The van der Waals surface area contributed by atoms with Gasteiger partial charge in [-0.05, 0) is 43.2 Å². The summed E-state index contributed by atoms with van der Waals surface area (Å²) >= 11 is 0. The number of benzene rings is 2. The smallest absolute Gasteiger partial charge is 0.328 e. The number of rotatable bonds is 5. The number of anilines is 1. The number of para-hydroxylation sites is 1. The van der Waals surface area contributed by atoms with Gasteiger partial charge >= 0.3 is 5.97 Å². The average Bonchev–Trinajstić information content (AvgIpc) is 3.22. The first-order chi connectivity index (χ1) is 13.4. The SMILES string of the molecule is COC(=O)[C@@H]1CCCN1C(=O)c1cccc(S(=O)(=O)N(C)c2ccccc2)c1. The molecule has 148 valence electrons. The van der Waals surface area contributed by atoms with Crippen LogP contribution < -0.4 is 4.31 Å². The molecule has 3 rings (SSSR count). The van der Waals surface area contributed by atoms with E-state index in [0.717, 1.165) is 0 Å². The standard InChI is InChI=1S/C20H22N2O5S/c1-21(16-9-4-3-5-10-16)28(25,26)17-11-6-8-15(14-17)19(23)22-13-7-12-18(22)20(24)27-2/h3-6,8-11,14,18H,7,12-13H2,1-2H3/t18-/m0/s1. The second-order valence-corrected chi connectivity index (χ2v) is 8.48. The van der Waals surface area contributed by atoms with Gasteiger partial charge in [0.05, 0.1) is 17.7 Å². The van der Waals surface area contributed by atoms with E-state index in [9.17, 15) is 18.0 Å². The summed E-state index contributed by atoms with van der Waals surface area (Å²) in [6, 6.07) is 13.9. The van der Waals surface area contributed by atoms with E-state index in [2.05, 4.69) is 0 Å². The van der Waals surface area contributed by atoms with E-state index >= 15 is 0 Å². The van der Waals surface area contributed by atoms with Crippen molar-refractivity contribution in [1.29, 1.82) is 0 Å². The molecule has 7 nitrogen and oxygen atoms in total. The quantitative estimate of drug-likeness (QED) is 0.717. The molecule has 0 aliphatic carbocycles. The number of carbonyl (C=O) groups excluding carboxylic acids is 2. The van der Waals surface area contributed by atoms with Crippen molar-refractivity contribution in [3.05, 3.63) is 60.2 Å². The molecule has 28 heavy (non-hydrogen) atoms. The van der Waals surface area contributed by atoms with E-state index in [4.69, 9.17) is 4.74 Å². The lowest BCUT2D eigenvalue weighted by atomic mass is 10.1. The summed E-state index contributed by atoms with van der Waals surface area (Å²) in [5.74, 6) is -0.842. The molecule has 1 saturated heterocycles. The summed E-state index contributed by atoms with van der Waals surface area (Å²) < 4.78 is 31.9. The molecule has 1 heterocycles. The first kappa shape index (κ1) is 19.9. The van der Waals surface area contributed by atoms with Crippen LogP contribution in [0.25, 0.3) is 0 Å². The molecule has 1 fully saturated rings. The molecule has 1 atom stereocenters. The van der Waals surface area contributed by atoms with Crippen LogP contribution in [0.5, 0.6) is 0 Å². The van der Waals surface area contributed by atoms with E-state index < -0.39 is 22.0 Å². The largest absolute Gasteiger partial charge is 0.467 e. The number of sulfonamides is 1. The highest BCUT2D eigenvalue weighted by Crippen LogP contribution is 2.25. The van der Waals surface area contributed by atoms with Gasteiger partial charge in [-0.1, -0.05) is 24.3 Å².